The minimum atomic E-state index is 0.560. The van der Waals surface area contributed by atoms with Crippen LogP contribution in [0.4, 0.5) is 5.69 Å². The van der Waals surface area contributed by atoms with E-state index in [9.17, 15) is 0 Å². The molecule has 0 saturated carbocycles. The molecule has 0 unspecified atom stereocenters. The highest BCUT2D eigenvalue weighted by Gasteiger charge is 2.01. The zero-order valence-electron chi connectivity index (χ0n) is 8.44. The van der Waals surface area contributed by atoms with Gasteiger partial charge in [0.15, 0.2) is 0 Å². The lowest BCUT2D eigenvalue weighted by Crippen LogP contribution is -1.88. The monoisotopic (exact) mass is 228 g/mol. The highest BCUT2D eigenvalue weighted by molar-refractivity contribution is 6.30. The normalized spacial score (nSPS) is 9.75. The molecule has 0 atom stereocenters. The molecule has 0 aliphatic rings. The minimum Gasteiger partial charge on any atom is -0.399 e. The van der Waals surface area contributed by atoms with Crippen molar-refractivity contribution in [2.24, 2.45) is 0 Å². The molecule has 0 radical (unpaired) electrons. The Balaban J connectivity index is 2.52. The fourth-order valence-electron chi connectivity index (χ4n) is 1.53. The first kappa shape index (κ1) is 10.5. The van der Waals surface area contributed by atoms with Gasteiger partial charge in [-0.25, -0.2) is 0 Å². The van der Waals surface area contributed by atoms with Crippen molar-refractivity contribution >= 4 is 17.3 Å². The SMILES string of the molecule is N#Cc1cc(N)cc(-c2ccc(Cl)cc2)c1. The molecule has 0 aliphatic carbocycles. The second-order valence-corrected chi connectivity index (χ2v) is 3.90. The molecule has 0 amide bonds. The summed E-state index contributed by atoms with van der Waals surface area (Å²) in [5.74, 6) is 0. The molecule has 0 heterocycles. The summed E-state index contributed by atoms with van der Waals surface area (Å²) in [6, 6.07) is 14.8. The molecule has 0 aromatic heterocycles. The Hall–Kier alpha value is -1.98. The van der Waals surface area contributed by atoms with Crippen LogP contribution in [0.5, 0.6) is 0 Å². The van der Waals surface area contributed by atoms with Gasteiger partial charge in [0.05, 0.1) is 11.6 Å². The van der Waals surface area contributed by atoms with Crippen LogP contribution in [0.1, 0.15) is 5.56 Å². The van der Waals surface area contributed by atoms with Crippen LogP contribution in [0.2, 0.25) is 5.02 Å². The van der Waals surface area contributed by atoms with Gasteiger partial charge in [-0.1, -0.05) is 23.7 Å². The predicted molar refractivity (Wildman–Crippen MR) is 66.0 cm³/mol. The van der Waals surface area contributed by atoms with Crippen LogP contribution in [-0.2, 0) is 0 Å². The van der Waals surface area contributed by atoms with Crippen LogP contribution in [0.3, 0.4) is 0 Å². The minimum absolute atomic E-state index is 0.560. The molecule has 2 aromatic rings. The molecule has 78 valence electrons. The first-order valence-electron chi connectivity index (χ1n) is 4.75. The Morgan fingerprint density at radius 1 is 1.00 bits per heavy atom. The van der Waals surface area contributed by atoms with Gasteiger partial charge in [0.1, 0.15) is 0 Å². The number of rotatable bonds is 1. The van der Waals surface area contributed by atoms with Crippen molar-refractivity contribution in [3.8, 4) is 17.2 Å². The maximum Gasteiger partial charge on any atom is 0.0992 e. The van der Waals surface area contributed by atoms with Crippen molar-refractivity contribution in [1.29, 1.82) is 5.26 Å². The molecule has 0 fully saturated rings. The lowest BCUT2D eigenvalue weighted by Gasteiger charge is -2.04. The summed E-state index contributed by atoms with van der Waals surface area (Å²) in [7, 11) is 0. The number of anilines is 1. The van der Waals surface area contributed by atoms with Crippen molar-refractivity contribution in [1.82, 2.24) is 0 Å². The van der Waals surface area contributed by atoms with Crippen LogP contribution >= 0.6 is 11.6 Å². The number of nitrogens with two attached hydrogens (primary N) is 1. The average Bonchev–Trinajstić information content (AvgIpc) is 2.29. The van der Waals surface area contributed by atoms with Crippen LogP contribution in [0.15, 0.2) is 42.5 Å². The second-order valence-electron chi connectivity index (χ2n) is 3.46. The molecule has 2 nitrogen and oxygen atoms in total. The highest BCUT2D eigenvalue weighted by atomic mass is 35.5. The number of benzene rings is 2. The summed E-state index contributed by atoms with van der Waals surface area (Å²) in [5, 5.41) is 9.54. The summed E-state index contributed by atoms with van der Waals surface area (Å²) in [6.45, 7) is 0. The molecule has 0 saturated heterocycles. The number of nitrogens with zero attached hydrogens (tertiary/aromatic N) is 1. The molecule has 2 rings (SSSR count). The Kier molecular flexibility index (Phi) is 2.80. The number of hydrogen-bond acceptors (Lipinski definition) is 2. The average molecular weight is 229 g/mol. The summed E-state index contributed by atoms with van der Waals surface area (Å²) in [5.41, 5.74) is 8.79. The standard InChI is InChI=1S/C13H9ClN2/c14-12-3-1-10(2-4-12)11-5-9(8-15)6-13(16)7-11/h1-7H,16H2. The quantitative estimate of drug-likeness (QED) is 0.760. The maximum atomic E-state index is 8.85. The van der Waals surface area contributed by atoms with E-state index in [1.54, 1.807) is 12.1 Å². The van der Waals surface area contributed by atoms with Crippen LogP contribution in [-0.4, -0.2) is 0 Å². The fraction of sp³-hybridized carbons (Fsp3) is 0. The van der Waals surface area contributed by atoms with E-state index in [2.05, 4.69) is 6.07 Å². The van der Waals surface area contributed by atoms with Crippen molar-refractivity contribution in [3.63, 3.8) is 0 Å². The van der Waals surface area contributed by atoms with Crippen molar-refractivity contribution < 1.29 is 0 Å². The number of nitrogen functional groups attached to an aromatic ring is 1. The Morgan fingerprint density at radius 3 is 2.31 bits per heavy atom. The van der Waals surface area contributed by atoms with E-state index in [0.29, 0.717) is 16.3 Å². The zero-order valence-corrected chi connectivity index (χ0v) is 9.20. The molecule has 2 aromatic carbocycles. The molecule has 0 bridgehead atoms. The van der Waals surface area contributed by atoms with E-state index >= 15 is 0 Å². The first-order chi connectivity index (χ1) is 7.69. The van der Waals surface area contributed by atoms with Gasteiger partial charge < -0.3 is 5.73 Å². The summed E-state index contributed by atoms with van der Waals surface area (Å²) >= 11 is 5.81. The highest BCUT2D eigenvalue weighted by Crippen LogP contribution is 2.24. The van der Waals surface area contributed by atoms with Gasteiger partial charge in [-0.05, 0) is 41.5 Å². The van der Waals surface area contributed by atoms with E-state index in [0.717, 1.165) is 11.1 Å². The third-order valence-corrected chi connectivity index (χ3v) is 2.51. The Labute approximate surface area is 98.9 Å². The molecular weight excluding hydrogens is 220 g/mol. The van der Waals surface area contributed by atoms with Gasteiger partial charge in [-0.15, -0.1) is 0 Å². The summed E-state index contributed by atoms with van der Waals surface area (Å²) in [4.78, 5) is 0. The van der Waals surface area contributed by atoms with Crippen molar-refractivity contribution in [2.75, 3.05) is 5.73 Å². The number of nitriles is 1. The second kappa shape index (κ2) is 4.26. The number of halogens is 1. The van der Waals surface area contributed by atoms with Gasteiger partial charge in [-0.3, -0.25) is 0 Å². The van der Waals surface area contributed by atoms with Crippen LogP contribution in [0, 0.1) is 11.3 Å². The fourth-order valence-corrected chi connectivity index (χ4v) is 1.65. The topological polar surface area (TPSA) is 49.8 Å². The molecule has 2 N–H and O–H groups in total. The smallest absolute Gasteiger partial charge is 0.0992 e. The van der Waals surface area contributed by atoms with E-state index in [1.807, 2.05) is 30.3 Å². The zero-order chi connectivity index (χ0) is 11.5. The van der Waals surface area contributed by atoms with Gasteiger partial charge in [0, 0.05) is 10.7 Å². The van der Waals surface area contributed by atoms with Crippen molar-refractivity contribution in [3.05, 3.63) is 53.1 Å². The molecule has 3 heteroatoms. The Bertz CT molecular complexity index is 553. The largest absolute Gasteiger partial charge is 0.399 e. The third-order valence-electron chi connectivity index (χ3n) is 2.26. The summed E-state index contributed by atoms with van der Waals surface area (Å²) in [6.07, 6.45) is 0. The van der Waals surface area contributed by atoms with Gasteiger partial charge >= 0.3 is 0 Å². The summed E-state index contributed by atoms with van der Waals surface area (Å²) < 4.78 is 0. The van der Waals surface area contributed by atoms with Gasteiger partial charge in [-0.2, -0.15) is 5.26 Å². The van der Waals surface area contributed by atoms with Crippen LogP contribution < -0.4 is 5.73 Å². The van der Waals surface area contributed by atoms with E-state index in [1.165, 1.54) is 0 Å². The lowest BCUT2D eigenvalue weighted by molar-refractivity contribution is 1.48. The van der Waals surface area contributed by atoms with Gasteiger partial charge in [0.2, 0.25) is 0 Å². The van der Waals surface area contributed by atoms with Crippen molar-refractivity contribution in [2.45, 2.75) is 0 Å². The lowest BCUT2D eigenvalue weighted by atomic mass is 10.0. The van der Waals surface area contributed by atoms with E-state index in [4.69, 9.17) is 22.6 Å². The number of hydrogen-bond donors (Lipinski definition) is 1. The van der Waals surface area contributed by atoms with Crippen LogP contribution in [0.25, 0.3) is 11.1 Å². The predicted octanol–water partition coefficient (Wildman–Crippen LogP) is 3.46. The van der Waals surface area contributed by atoms with E-state index in [-0.39, 0.29) is 0 Å². The van der Waals surface area contributed by atoms with Gasteiger partial charge in [0.25, 0.3) is 0 Å². The molecular formula is C13H9ClN2. The first-order valence-corrected chi connectivity index (χ1v) is 5.13. The molecule has 0 aliphatic heterocycles. The molecule has 0 spiro atoms. The Morgan fingerprint density at radius 2 is 1.69 bits per heavy atom. The maximum absolute atomic E-state index is 8.85. The van der Waals surface area contributed by atoms with E-state index < -0.39 is 0 Å². The third kappa shape index (κ3) is 2.16. The molecule has 16 heavy (non-hydrogen) atoms.